The van der Waals surface area contributed by atoms with Crippen LogP contribution in [0.3, 0.4) is 0 Å². The molecule has 0 bridgehead atoms. The van der Waals surface area contributed by atoms with Crippen LogP contribution < -0.4 is 0 Å². The fraction of sp³-hybridized carbons (Fsp3) is 0.375. The molecule has 0 aliphatic heterocycles. The molecule has 3 nitrogen and oxygen atoms in total. The summed E-state index contributed by atoms with van der Waals surface area (Å²) in [5.74, 6) is 1.24. The van der Waals surface area contributed by atoms with Gasteiger partial charge < -0.3 is 4.57 Å². The van der Waals surface area contributed by atoms with Gasteiger partial charge in [-0.3, -0.25) is 4.79 Å². The van der Waals surface area contributed by atoms with Crippen LogP contribution >= 0.6 is 0 Å². The average Bonchev–Trinajstić information content (AvgIpc) is 2.77. The highest BCUT2D eigenvalue weighted by atomic mass is 16.1. The van der Waals surface area contributed by atoms with Crippen LogP contribution in [0.4, 0.5) is 0 Å². The van der Waals surface area contributed by atoms with E-state index in [1.54, 1.807) is 6.20 Å². The van der Waals surface area contributed by atoms with Crippen molar-refractivity contribution in [2.45, 2.75) is 33.1 Å². The van der Waals surface area contributed by atoms with Crippen LogP contribution in [0.25, 0.3) is 0 Å². The van der Waals surface area contributed by atoms with Gasteiger partial charge in [0.15, 0.2) is 0 Å². The Morgan fingerprint density at radius 1 is 1.26 bits per heavy atom. The molecule has 0 N–H and O–H groups in total. The number of hydrogen-bond acceptors (Lipinski definition) is 2. The number of carbonyl (C=O) groups excluding carboxylic acids is 1. The zero-order chi connectivity index (χ0) is 13.8. The van der Waals surface area contributed by atoms with Crippen molar-refractivity contribution in [2.75, 3.05) is 0 Å². The van der Waals surface area contributed by atoms with E-state index in [2.05, 4.69) is 31.0 Å². The van der Waals surface area contributed by atoms with E-state index in [0.29, 0.717) is 19.3 Å². The van der Waals surface area contributed by atoms with Crippen molar-refractivity contribution in [1.29, 1.82) is 0 Å². The maximum atomic E-state index is 12.0. The molecular formula is C16H20N2O. The van der Waals surface area contributed by atoms with Crippen LogP contribution in [-0.2, 0) is 24.7 Å². The summed E-state index contributed by atoms with van der Waals surface area (Å²) in [5, 5.41) is 0. The molecule has 100 valence electrons. The quantitative estimate of drug-likeness (QED) is 0.824. The standard InChI is InChI=1S/C16H20N2O/c1-12-4-5-14(10-13(12)2)11-15(19)6-7-16-17-8-9-18(16)3/h4-5,8-10H,6-7,11H2,1-3H3. The minimum absolute atomic E-state index is 0.270. The van der Waals surface area contributed by atoms with Crippen LogP contribution in [0.1, 0.15) is 28.9 Å². The Morgan fingerprint density at radius 2 is 2.05 bits per heavy atom. The highest BCUT2D eigenvalue weighted by Crippen LogP contribution is 2.11. The summed E-state index contributed by atoms with van der Waals surface area (Å²) in [4.78, 5) is 16.2. The van der Waals surface area contributed by atoms with Gasteiger partial charge in [0, 0.05) is 38.7 Å². The maximum absolute atomic E-state index is 12.0. The van der Waals surface area contributed by atoms with E-state index >= 15 is 0 Å². The van der Waals surface area contributed by atoms with Crippen LogP contribution in [0.5, 0.6) is 0 Å². The van der Waals surface area contributed by atoms with Crippen LogP contribution in [0, 0.1) is 13.8 Å². The number of nitrogens with zero attached hydrogens (tertiary/aromatic N) is 2. The van der Waals surface area contributed by atoms with Crippen molar-refractivity contribution in [3.05, 3.63) is 53.1 Å². The first-order chi connectivity index (χ1) is 9.06. The third kappa shape index (κ3) is 3.53. The molecule has 1 aromatic carbocycles. The molecule has 3 heteroatoms. The van der Waals surface area contributed by atoms with E-state index in [-0.39, 0.29) is 5.78 Å². The van der Waals surface area contributed by atoms with Gasteiger partial charge in [-0.2, -0.15) is 0 Å². The Hall–Kier alpha value is -1.90. The summed E-state index contributed by atoms with van der Waals surface area (Å²) >= 11 is 0. The molecule has 2 aromatic rings. The fourth-order valence-corrected chi connectivity index (χ4v) is 2.12. The predicted octanol–water partition coefficient (Wildman–Crippen LogP) is 2.78. The largest absolute Gasteiger partial charge is 0.338 e. The summed E-state index contributed by atoms with van der Waals surface area (Å²) in [6, 6.07) is 6.23. The Morgan fingerprint density at radius 3 is 2.68 bits per heavy atom. The first-order valence-corrected chi connectivity index (χ1v) is 6.60. The lowest BCUT2D eigenvalue weighted by Gasteiger charge is -2.05. The molecule has 0 atom stereocenters. The summed E-state index contributed by atoms with van der Waals surface area (Å²) in [5.41, 5.74) is 3.62. The first-order valence-electron chi connectivity index (χ1n) is 6.60. The third-order valence-electron chi connectivity index (χ3n) is 3.52. The number of benzene rings is 1. The first kappa shape index (κ1) is 13.5. The van der Waals surface area contributed by atoms with E-state index < -0.39 is 0 Å². The molecule has 0 unspecified atom stereocenters. The molecule has 19 heavy (non-hydrogen) atoms. The van der Waals surface area contributed by atoms with Gasteiger partial charge in [-0.05, 0) is 30.5 Å². The Bertz CT molecular complexity index is 584. The zero-order valence-electron chi connectivity index (χ0n) is 11.8. The topological polar surface area (TPSA) is 34.9 Å². The molecule has 1 aromatic heterocycles. The van der Waals surface area contributed by atoms with Gasteiger partial charge in [0.2, 0.25) is 0 Å². The van der Waals surface area contributed by atoms with Gasteiger partial charge in [0.25, 0.3) is 0 Å². The molecule has 0 aliphatic carbocycles. The van der Waals surface area contributed by atoms with Crippen molar-refractivity contribution in [3.63, 3.8) is 0 Å². The number of rotatable bonds is 5. The number of aromatic nitrogens is 2. The number of hydrogen-bond donors (Lipinski definition) is 0. The van der Waals surface area contributed by atoms with Gasteiger partial charge in [-0.15, -0.1) is 0 Å². The second-order valence-corrected chi connectivity index (χ2v) is 5.09. The number of aryl methyl sites for hydroxylation is 4. The molecule has 0 spiro atoms. The molecule has 2 rings (SSSR count). The lowest BCUT2D eigenvalue weighted by molar-refractivity contribution is -0.118. The number of carbonyl (C=O) groups is 1. The number of ketones is 1. The molecule has 0 saturated heterocycles. The average molecular weight is 256 g/mol. The smallest absolute Gasteiger partial charge is 0.137 e. The van der Waals surface area contributed by atoms with Gasteiger partial charge in [-0.1, -0.05) is 18.2 Å². The van der Waals surface area contributed by atoms with E-state index in [1.807, 2.05) is 23.9 Å². The summed E-state index contributed by atoms with van der Waals surface area (Å²) < 4.78 is 1.96. The number of Topliss-reactive ketones (excluding diaryl/α,β-unsaturated/α-hetero) is 1. The Balaban J connectivity index is 1.91. The molecule has 1 heterocycles. The number of imidazole rings is 1. The zero-order valence-corrected chi connectivity index (χ0v) is 11.8. The van der Waals surface area contributed by atoms with Crippen LogP contribution in [-0.4, -0.2) is 15.3 Å². The minimum atomic E-state index is 0.270. The summed E-state index contributed by atoms with van der Waals surface area (Å²) in [6.45, 7) is 4.17. The van der Waals surface area contributed by atoms with Crippen molar-refractivity contribution >= 4 is 5.78 Å². The minimum Gasteiger partial charge on any atom is -0.338 e. The predicted molar refractivity (Wildman–Crippen MR) is 76.2 cm³/mol. The van der Waals surface area contributed by atoms with Crippen LogP contribution in [0.2, 0.25) is 0 Å². The van der Waals surface area contributed by atoms with Crippen molar-refractivity contribution in [2.24, 2.45) is 7.05 Å². The van der Waals surface area contributed by atoms with Crippen LogP contribution in [0.15, 0.2) is 30.6 Å². The van der Waals surface area contributed by atoms with E-state index in [0.717, 1.165) is 11.4 Å². The molecule has 0 fully saturated rings. The monoisotopic (exact) mass is 256 g/mol. The molecule has 0 saturated carbocycles. The third-order valence-corrected chi connectivity index (χ3v) is 3.52. The summed E-state index contributed by atoms with van der Waals surface area (Å²) in [7, 11) is 1.95. The highest BCUT2D eigenvalue weighted by molar-refractivity contribution is 5.81. The van der Waals surface area contributed by atoms with Crippen molar-refractivity contribution in [1.82, 2.24) is 9.55 Å². The highest BCUT2D eigenvalue weighted by Gasteiger charge is 2.07. The van der Waals surface area contributed by atoms with E-state index in [9.17, 15) is 4.79 Å². The molecule has 0 aliphatic rings. The van der Waals surface area contributed by atoms with E-state index in [1.165, 1.54) is 11.1 Å². The lowest BCUT2D eigenvalue weighted by atomic mass is 10.0. The van der Waals surface area contributed by atoms with Gasteiger partial charge in [-0.25, -0.2) is 4.98 Å². The molecular weight excluding hydrogens is 236 g/mol. The normalized spacial score (nSPS) is 10.7. The maximum Gasteiger partial charge on any atom is 0.137 e. The molecule has 0 radical (unpaired) electrons. The van der Waals surface area contributed by atoms with E-state index in [4.69, 9.17) is 0 Å². The molecule has 0 amide bonds. The summed E-state index contributed by atoms with van der Waals surface area (Å²) in [6.07, 6.45) is 5.46. The van der Waals surface area contributed by atoms with Crippen molar-refractivity contribution < 1.29 is 4.79 Å². The van der Waals surface area contributed by atoms with Crippen molar-refractivity contribution in [3.8, 4) is 0 Å². The lowest BCUT2D eigenvalue weighted by Crippen LogP contribution is -2.07. The Labute approximate surface area is 114 Å². The van der Waals surface area contributed by atoms with Gasteiger partial charge in [0.05, 0.1) is 0 Å². The van der Waals surface area contributed by atoms with Gasteiger partial charge in [0.1, 0.15) is 11.6 Å². The second-order valence-electron chi connectivity index (χ2n) is 5.09. The fourth-order valence-electron chi connectivity index (χ4n) is 2.12. The second kappa shape index (κ2) is 5.83. The SMILES string of the molecule is Cc1ccc(CC(=O)CCc2nccn2C)cc1C. The van der Waals surface area contributed by atoms with Gasteiger partial charge >= 0.3 is 0 Å². The Kier molecular flexibility index (Phi) is 4.15.